The van der Waals surface area contributed by atoms with Crippen molar-refractivity contribution in [3.63, 3.8) is 0 Å². The molecule has 1 heterocycles. The minimum absolute atomic E-state index is 0. The van der Waals surface area contributed by atoms with Crippen LogP contribution in [-0.2, 0) is 4.79 Å². The van der Waals surface area contributed by atoms with Gasteiger partial charge in [-0.2, -0.15) is 0 Å². The van der Waals surface area contributed by atoms with Crippen LogP contribution in [0.25, 0.3) is 0 Å². The highest BCUT2D eigenvalue weighted by Gasteiger charge is 2.57. The molecule has 3 aliphatic rings. The Labute approximate surface area is 103 Å². The molecule has 3 fully saturated rings. The largest absolute Gasteiger partial charge is 0.342 e. The van der Waals surface area contributed by atoms with Crippen LogP contribution in [0.5, 0.6) is 0 Å². The van der Waals surface area contributed by atoms with Crippen molar-refractivity contribution in [1.82, 2.24) is 4.90 Å². The Morgan fingerprint density at radius 1 is 1.25 bits per heavy atom. The van der Waals surface area contributed by atoms with Crippen LogP contribution in [0.1, 0.15) is 25.7 Å². The van der Waals surface area contributed by atoms with E-state index in [9.17, 15) is 4.79 Å². The fourth-order valence-corrected chi connectivity index (χ4v) is 3.62. The fraction of sp³-hybridized carbons (Fsp3) is 0.917. The van der Waals surface area contributed by atoms with E-state index in [-0.39, 0.29) is 12.4 Å². The van der Waals surface area contributed by atoms with Gasteiger partial charge in [-0.15, -0.1) is 12.4 Å². The number of likely N-dealkylation sites (tertiary alicyclic amines) is 1. The maximum absolute atomic E-state index is 12.2. The van der Waals surface area contributed by atoms with Crippen molar-refractivity contribution in [2.45, 2.75) is 25.7 Å². The van der Waals surface area contributed by atoms with E-state index in [1.54, 1.807) is 0 Å². The van der Waals surface area contributed by atoms with Gasteiger partial charge < -0.3 is 10.6 Å². The first-order valence-electron chi connectivity index (χ1n) is 6.30. The average Bonchev–Trinajstić information content (AvgIpc) is 2.73. The van der Waals surface area contributed by atoms with Crippen LogP contribution in [0.2, 0.25) is 0 Å². The standard InChI is InChI=1S/C12H20N2O.ClH/c13-6-8-4-5-14(7-8)12(15)11-9-2-1-3-10(9)11;/h8-11H,1-7,13H2;1H. The number of hydrogen-bond acceptors (Lipinski definition) is 2. The Balaban J connectivity index is 0.000000963. The Kier molecular flexibility index (Phi) is 3.45. The van der Waals surface area contributed by atoms with Gasteiger partial charge in [0.2, 0.25) is 5.91 Å². The molecule has 0 radical (unpaired) electrons. The van der Waals surface area contributed by atoms with Crippen LogP contribution in [0, 0.1) is 23.7 Å². The highest BCUT2D eigenvalue weighted by Crippen LogP contribution is 2.58. The van der Waals surface area contributed by atoms with Crippen molar-refractivity contribution in [3.8, 4) is 0 Å². The molecule has 0 aromatic rings. The van der Waals surface area contributed by atoms with E-state index in [0.29, 0.717) is 17.7 Å². The predicted octanol–water partition coefficient (Wildman–Crippen LogP) is 1.26. The summed E-state index contributed by atoms with van der Waals surface area (Å²) in [6, 6.07) is 0. The second-order valence-corrected chi connectivity index (χ2v) is 5.46. The number of nitrogens with zero attached hydrogens (tertiary/aromatic N) is 1. The normalized spacial score (nSPS) is 40.4. The number of amides is 1. The molecular weight excluding hydrogens is 224 g/mol. The molecule has 1 amide bonds. The number of hydrogen-bond donors (Lipinski definition) is 1. The second-order valence-electron chi connectivity index (χ2n) is 5.46. The monoisotopic (exact) mass is 244 g/mol. The van der Waals surface area contributed by atoms with Crippen molar-refractivity contribution in [2.75, 3.05) is 19.6 Å². The Bertz CT molecular complexity index is 274. The predicted molar refractivity (Wildman–Crippen MR) is 65.3 cm³/mol. The molecule has 1 saturated heterocycles. The molecule has 3 rings (SSSR count). The van der Waals surface area contributed by atoms with Crippen LogP contribution in [-0.4, -0.2) is 30.4 Å². The fourth-order valence-electron chi connectivity index (χ4n) is 3.62. The summed E-state index contributed by atoms with van der Waals surface area (Å²) in [5.41, 5.74) is 5.64. The molecule has 0 spiro atoms. The summed E-state index contributed by atoms with van der Waals surface area (Å²) < 4.78 is 0. The number of carbonyl (C=O) groups excluding carboxylic acids is 1. The van der Waals surface area contributed by atoms with Gasteiger partial charge in [-0.3, -0.25) is 4.79 Å². The van der Waals surface area contributed by atoms with Gasteiger partial charge in [0.05, 0.1) is 0 Å². The summed E-state index contributed by atoms with van der Waals surface area (Å²) in [7, 11) is 0. The lowest BCUT2D eigenvalue weighted by molar-refractivity contribution is -0.132. The van der Waals surface area contributed by atoms with Gasteiger partial charge in [0.25, 0.3) is 0 Å². The molecule has 3 nitrogen and oxygen atoms in total. The minimum Gasteiger partial charge on any atom is -0.342 e. The Morgan fingerprint density at radius 3 is 2.50 bits per heavy atom. The third-order valence-corrected chi connectivity index (χ3v) is 4.62. The summed E-state index contributed by atoms with van der Waals surface area (Å²) in [6.45, 7) is 2.61. The van der Waals surface area contributed by atoms with E-state index < -0.39 is 0 Å². The molecular formula is C12H21ClN2O. The lowest BCUT2D eigenvalue weighted by atomic mass is 10.1. The first kappa shape index (κ1) is 12.2. The highest BCUT2D eigenvalue weighted by atomic mass is 35.5. The molecule has 3 atom stereocenters. The van der Waals surface area contributed by atoms with Gasteiger partial charge in [0.1, 0.15) is 0 Å². The first-order chi connectivity index (χ1) is 7.31. The highest BCUT2D eigenvalue weighted by molar-refractivity contribution is 5.85. The minimum atomic E-state index is 0. The average molecular weight is 245 g/mol. The summed E-state index contributed by atoms with van der Waals surface area (Å²) in [5.74, 6) is 2.94. The SMILES string of the molecule is Cl.NCC1CCN(C(=O)C2C3CCCC32)C1. The number of fused-ring (bicyclic) bond motifs is 1. The molecule has 4 heteroatoms. The van der Waals surface area contributed by atoms with E-state index >= 15 is 0 Å². The quantitative estimate of drug-likeness (QED) is 0.795. The molecule has 2 saturated carbocycles. The molecule has 2 N–H and O–H groups in total. The lowest BCUT2D eigenvalue weighted by Crippen LogP contribution is -2.32. The molecule has 1 aliphatic heterocycles. The third-order valence-electron chi connectivity index (χ3n) is 4.62. The van der Waals surface area contributed by atoms with Crippen molar-refractivity contribution in [2.24, 2.45) is 29.4 Å². The van der Waals surface area contributed by atoms with Gasteiger partial charge in [0, 0.05) is 19.0 Å². The second kappa shape index (κ2) is 4.53. The molecule has 0 aromatic heterocycles. The number of halogens is 1. The van der Waals surface area contributed by atoms with Crippen molar-refractivity contribution >= 4 is 18.3 Å². The Hall–Kier alpha value is -0.280. The van der Waals surface area contributed by atoms with Gasteiger partial charge in [0.15, 0.2) is 0 Å². The van der Waals surface area contributed by atoms with Gasteiger partial charge in [-0.1, -0.05) is 6.42 Å². The summed E-state index contributed by atoms with van der Waals surface area (Å²) >= 11 is 0. The van der Waals surface area contributed by atoms with Crippen molar-refractivity contribution in [3.05, 3.63) is 0 Å². The zero-order chi connectivity index (χ0) is 10.4. The first-order valence-corrected chi connectivity index (χ1v) is 6.30. The Morgan fingerprint density at radius 2 is 1.94 bits per heavy atom. The zero-order valence-electron chi connectivity index (χ0n) is 9.60. The molecule has 3 unspecified atom stereocenters. The third kappa shape index (κ3) is 1.84. The molecule has 16 heavy (non-hydrogen) atoms. The van der Waals surface area contributed by atoms with Gasteiger partial charge in [-0.05, 0) is 43.6 Å². The van der Waals surface area contributed by atoms with E-state index in [4.69, 9.17) is 5.73 Å². The number of nitrogens with two attached hydrogens (primary N) is 1. The van der Waals surface area contributed by atoms with Crippen LogP contribution in [0.4, 0.5) is 0 Å². The number of rotatable bonds is 2. The lowest BCUT2D eigenvalue weighted by Gasteiger charge is -2.17. The van der Waals surface area contributed by atoms with Crippen LogP contribution >= 0.6 is 12.4 Å². The van der Waals surface area contributed by atoms with Gasteiger partial charge in [-0.25, -0.2) is 0 Å². The maximum Gasteiger partial charge on any atom is 0.226 e. The number of carbonyl (C=O) groups is 1. The van der Waals surface area contributed by atoms with Crippen molar-refractivity contribution in [1.29, 1.82) is 0 Å². The molecule has 0 aromatic carbocycles. The zero-order valence-corrected chi connectivity index (χ0v) is 10.4. The van der Waals surface area contributed by atoms with E-state index in [1.165, 1.54) is 19.3 Å². The summed E-state index contributed by atoms with van der Waals surface area (Å²) in [6.07, 6.45) is 5.07. The van der Waals surface area contributed by atoms with E-state index in [2.05, 4.69) is 4.90 Å². The van der Waals surface area contributed by atoms with E-state index in [0.717, 1.165) is 37.9 Å². The molecule has 2 aliphatic carbocycles. The summed E-state index contributed by atoms with van der Waals surface area (Å²) in [4.78, 5) is 14.2. The molecule has 0 bridgehead atoms. The summed E-state index contributed by atoms with van der Waals surface area (Å²) in [5, 5.41) is 0. The van der Waals surface area contributed by atoms with Crippen LogP contribution in [0.15, 0.2) is 0 Å². The van der Waals surface area contributed by atoms with Crippen LogP contribution < -0.4 is 5.73 Å². The van der Waals surface area contributed by atoms with Crippen LogP contribution in [0.3, 0.4) is 0 Å². The molecule has 92 valence electrons. The topological polar surface area (TPSA) is 46.3 Å². The smallest absolute Gasteiger partial charge is 0.226 e. The van der Waals surface area contributed by atoms with E-state index in [1.807, 2.05) is 0 Å². The van der Waals surface area contributed by atoms with Crippen molar-refractivity contribution < 1.29 is 4.79 Å². The maximum atomic E-state index is 12.2. The van der Waals surface area contributed by atoms with Gasteiger partial charge >= 0.3 is 0 Å².